The molecule has 1 aromatic carbocycles. The molecule has 0 saturated heterocycles. The minimum absolute atomic E-state index is 0.426. The van der Waals surface area contributed by atoms with Gasteiger partial charge in [0.1, 0.15) is 0 Å². The number of hydrogen-bond acceptors (Lipinski definition) is 1. The Bertz CT molecular complexity index is 406. The second-order valence-electron chi connectivity index (χ2n) is 6.43. The van der Waals surface area contributed by atoms with E-state index in [2.05, 4.69) is 51.2 Å². The summed E-state index contributed by atoms with van der Waals surface area (Å²) in [7, 11) is 0. The quantitative estimate of drug-likeness (QED) is 0.795. The number of anilines is 1. The molecular formula is C17H27N. The van der Waals surface area contributed by atoms with Gasteiger partial charge in [-0.25, -0.2) is 0 Å². The summed E-state index contributed by atoms with van der Waals surface area (Å²) in [6.07, 6.45) is 6.53. The number of aryl methyl sites for hydroxylation is 2. The number of hydrogen-bond donors (Lipinski definition) is 1. The molecule has 18 heavy (non-hydrogen) atoms. The van der Waals surface area contributed by atoms with Crippen molar-refractivity contribution in [1.82, 2.24) is 0 Å². The minimum Gasteiger partial charge on any atom is -0.382 e. The lowest BCUT2D eigenvalue weighted by Gasteiger charge is -2.39. The molecular weight excluding hydrogens is 218 g/mol. The van der Waals surface area contributed by atoms with E-state index in [0.717, 1.165) is 6.42 Å². The van der Waals surface area contributed by atoms with E-state index in [9.17, 15) is 0 Å². The predicted molar refractivity (Wildman–Crippen MR) is 80.2 cm³/mol. The molecule has 100 valence electrons. The van der Waals surface area contributed by atoms with Crippen molar-refractivity contribution in [3.63, 3.8) is 0 Å². The molecule has 1 aromatic rings. The zero-order chi connectivity index (χ0) is 13.2. The van der Waals surface area contributed by atoms with Gasteiger partial charge in [0.2, 0.25) is 0 Å². The zero-order valence-corrected chi connectivity index (χ0v) is 12.3. The van der Waals surface area contributed by atoms with Crippen LogP contribution in [-0.2, 0) is 6.42 Å². The normalized spacial score (nSPS) is 22.8. The lowest BCUT2D eigenvalue weighted by molar-refractivity contribution is 0.217. The third-order valence-corrected chi connectivity index (χ3v) is 4.58. The maximum absolute atomic E-state index is 3.77. The van der Waals surface area contributed by atoms with Gasteiger partial charge in [-0.05, 0) is 54.9 Å². The summed E-state index contributed by atoms with van der Waals surface area (Å²) in [5.74, 6) is 0. The van der Waals surface area contributed by atoms with Crippen LogP contribution in [0.1, 0.15) is 57.6 Å². The molecule has 0 heterocycles. The predicted octanol–water partition coefficient (Wildman–Crippen LogP) is 4.94. The first-order chi connectivity index (χ1) is 8.53. The van der Waals surface area contributed by atoms with Gasteiger partial charge >= 0.3 is 0 Å². The lowest BCUT2D eigenvalue weighted by Crippen LogP contribution is -2.38. The summed E-state index contributed by atoms with van der Waals surface area (Å²) in [6.45, 7) is 9.24. The molecule has 1 atom stereocenters. The van der Waals surface area contributed by atoms with Crippen LogP contribution in [0.25, 0.3) is 0 Å². The van der Waals surface area contributed by atoms with Crippen LogP contribution in [0, 0.1) is 12.3 Å². The Kier molecular flexibility index (Phi) is 3.99. The van der Waals surface area contributed by atoms with Crippen molar-refractivity contribution in [2.75, 3.05) is 5.32 Å². The molecule has 1 heteroatoms. The Labute approximate surface area is 112 Å². The fraction of sp³-hybridized carbons (Fsp3) is 0.647. The molecule has 0 bridgehead atoms. The van der Waals surface area contributed by atoms with Gasteiger partial charge in [0.25, 0.3) is 0 Å². The first-order valence-electron chi connectivity index (χ1n) is 7.39. The van der Waals surface area contributed by atoms with Gasteiger partial charge in [0.15, 0.2) is 0 Å². The Morgan fingerprint density at radius 2 is 2.06 bits per heavy atom. The van der Waals surface area contributed by atoms with Crippen molar-refractivity contribution >= 4 is 5.69 Å². The molecule has 0 radical (unpaired) electrons. The molecule has 1 unspecified atom stereocenters. The zero-order valence-electron chi connectivity index (χ0n) is 12.3. The highest BCUT2D eigenvalue weighted by Crippen LogP contribution is 2.37. The highest BCUT2D eigenvalue weighted by molar-refractivity contribution is 5.49. The monoisotopic (exact) mass is 245 g/mol. The Morgan fingerprint density at radius 1 is 1.28 bits per heavy atom. The number of benzene rings is 1. The van der Waals surface area contributed by atoms with Crippen molar-refractivity contribution in [3.05, 3.63) is 29.3 Å². The Morgan fingerprint density at radius 3 is 2.72 bits per heavy atom. The average molecular weight is 245 g/mol. The van der Waals surface area contributed by atoms with Gasteiger partial charge in [0, 0.05) is 11.7 Å². The summed E-state index contributed by atoms with van der Waals surface area (Å²) in [5, 5.41) is 3.77. The summed E-state index contributed by atoms with van der Waals surface area (Å²) >= 11 is 0. The molecule has 1 N–H and O–H groups in total. The van der Waals surface area contributed by atoms with E-state index in [1.807, 2.05) is 0 Å². The summed E-state index contributed by atoms with van der Waals surface area (Å²) in [5.41, 5.74) is 4.60. The third kappa shape index (κ3) is 2.88. The highest BCUT2D eigenvalue weighted by atomic mass is 14.9. The molecule has 1 saturated carbocycles. The average Bonchev–Trinajstić information content (AvgIpc) is 2.34. The second-order valence-corrected chi connectivity index (χ2v) is 6.43. The highest BCUT2D eigenvalue weighted by Gasteiger charge is 2.31. The van der Waals surface area contributed by atoms with Crippen molar-refractivity contribution in [3.8, 4) is 0 Å². The summed E-state index contributed by atoms with van der Waals surface area (Å²) in [4.78, 5) is 0. The van der Waals surface area contributed by atoms with Crippen LogP contribution in [0.2, 0.25) is 0 Å². The third-order valence-electron chi connectivity index (χ3n) is 4.58. The fourth-order valence-corrected chi connectivity index (χ4v) is 3.10. The van der Waals surface area contributed by atoms with Gasteiger partial charge in [-0.1, -0.05) is 39.7 Å². The van der Waals surface area contributed by atoms with Crippen molar-refractivity contribution in [1.29, 1.82) is 0 Å². The van der Waals surface area contributed by atoms with E-state index in [1.165, 1.54) is 42.5 Å². The minimum atomic E-state index is 0.426. The van der Waals surface area contributed by atoms with E-state index >= 15 is 0 Å². The molecule has 2 rings (SSSR count). The molecule has 0 spiro atoms. The van der Waals surface area contributed by atoms with Gasteiger partial charge in [-0.3, -0.25) is 0 Å². The van der Waals surface area contributed by atoms with Crippen molar-refractivity contribution < 1.29 is 0 Å². The van der Waals surface area contributed by atoms with Crippen LogP contribution in [0.15, 0.2) is 18.2 Å². The van der Waals surface area contributed by atoms with Crippen LogP contribution in [-0.4, -0.2) is 6.04 Å². The molecule has 1 fully saturated rings. The van der Waals surface area contributed by atoms with Crippen LogP contribution in [0.4, 0.5) is 5.69 Å². The fourth-order valence-electron chi connectivity index (χ4n) is 3.10. The number of rotatable bonds is 3. The van der Waals surface area contributed by atoms with Crippen LogP contribution in [0.3, 0.4) is 0 Å². The summed E-state index contributed by atoms with van der Waals surface area (Å²) < 4.78 is 0. The topological polar surface area (TPSA) is 12.0 Å². The van der Waals surface area contributed by atoms with Crippen LogP contribution < -0.4 is 5.32 Å². The SMILES string of the molecule is CCc1cc(NC2CCCCC2(C)C)ccc1C. The molecule has 0 aliphatic heterocycles. The summed E-state index contributed by atoms with van der Waals surface area (Å²) in [6, 6.07) is 7.44. The Balaban J connectivity index is 2.13. The molecule has 1 nitrogen and oxygen atoms in total. The largest absolute Gasteiger partial charge is 0.382 e. The molecule has 1 aliphatic rings. The van der Waals surface area contributed by atoms with Crippen LogP contribution in [0.5, 0.6) is 0 Å². The van der Waals surface area contributed by atoms with Crippen molar-refractivity contribution in [2.24, 2.45) is 5.41 Å². The van der Waals surface area contributed by atoms with Gasteiger partial charge in [-0.2, -0.15) is 0 Å². The van der Waals surface area contributed by atoms with Gasteiger partial charge in [-0.15, -0.1) is 0 Å². The van der Waals surface area contributed by atoms with E-state index in [-0.39, 0.29) is 0 Å². The molecule has 1 aliphatic carbocycles. The Hall–Kier alpha value is -0.980. The van der Waals surface area contributed by atoms with E-state index in [4.69, 9.17) is 0 Å². The first kappa shape index (κ1) is 13.5. The standard InChI is InChI=1S/C17H27N/c1-5-14-12-15(10-9-13(14)2)18-16-8-6-7-11-17(16,3)4/h9-10,12,16,18H,5-8,11H2,1-4H3. The van der Waals surface area contributed by atoms with Gasteiger partial charge in [0.05, 0.1) is 0 Å². The molecule has 0 amide bonds. The smallest absolute Gasteiger partial charge is 0.0345 e. The van der Waals surface area contributed by atoms with E-state index in [1.54, 1.807) is 0 Å². The number of nitrogens with one attached hydrogen (secondary N) is 1. The second kappa shape index (κ2) is 5.34. The maximum atomic E-state index is 3.77. The molecule has 0 aromatic heterocycles. The van der Waals surface area contributed by atoms with Crippen molar-refractivity contribution in [2.45, 2.75) is 65.8 Å². The first-order valence-corrected chi connectivity index (χ1v) is 7.39. The van der Waals surface area contributed by atoms with E-state index < -0.39 is 0 Å². The lowest BCUT2D eigenvalue weighted by atomic mass is 9.73. The van der Waals surface area contributed by atoms with Crippen LogP contribution >= 0.6 is 0 Å². The van der Waals surface area contributed by atoms with Gasteiger partial charge < -0.3 is 5.32 Å². The van der Waals surface area contributed by atoms with E-state index in [0.29, 0.717) is 11.5 Å². The maximum Gasteiger partial charge on any atom is 0.0345 e.